The Bertz CT molecular complexity index is 306. The van der Waals surface area contributed by atoms with Gasteiger partial charge in [0.15, 0.2) is 5.82 Å². The van der Waals surface area contributed by atoms with Gasteiger partial charge in [-0.3, -0.25) is 0 Å². The molecule has 0 radical (unpaired) electrons. The zero-order chi connectivity index (χ0) is 12.0. The minimum atomic E-state index is -0.519. The van der Waals surface area contributed by atoms with E-state index in [0.29, 0.717) is 11.7 Å². The van der Waals surface area contributed by atoms with E-state index in [9.17, 15) is 0 Å². The number of nitrogens with two attached hydrogens (primary N) is 1. The summed E-state index contributed by atoms with van der Waals surface area (Å²) in [5.74, 6) is 3.19. The van der Waals surface area contributed by atoms with Gasteiger partial charge in [0.05, 0.1) is 11.3 Å². The van der Waals surface area contributed by atoms with Crippen LogP contribution in [0.1, 0.15) is 51.7 Å². The van der Waals surface area contributed by atoms with E-state index in [0.717, 1.165) is 11.5 Å². The van der Waals surface area contributed by atoms with E-state index in [1.807, 2.05) is 25.6 Å². The van der Waals surface area contributed by atoms with Crippen molar-refractivity contribution in [3.8, 4) is 0 Å². The van der Waals surface area contributed by atoms with Gasteiger partial charge in [-0.15, -0.1) is 0 Å². The fourth-order valence-electron chi connectivity index (χ4n) is 1.19. The van der Waals surface area contributed by atoms with Crippen LogP contribution < -0.4 is 5.73 Å². The summed E-state index contributed by atoms with van der Waals surface area (Å²) in [7, 11) is 0. The summed E-state index contributed by atoms with van der Waals surface area (Å²) in [6.07, 6.45) is 3.80. The molecule has 0 aliphatic heterocycles. The third kappa shape index (κ3) is 4.53. The molecule has 4 nitrogen and oxygen atoms in total. The number of hydrogen-bond acceptors (Lipinski definition) is 5. The lowest BCUT2D eigenvalue weighted by atomic mass is 10.1. The second kappa shape index (κ2) is 6.25. The lowest BCUT2D eigenvalue weighted by molar-refractivity contribution is 0.370. The normalized spacial score (nSPS) is 12.0. The fraction of sp³-hybridized carbons (Fsp3) is 0.818. The predicted octanol–water partition coefficient (Wildman–Crippen LogP) is 2.69. The van der Waals surface area contributed by atoms with Crippen LogP contribution in [0.2, 0.25) is 0 Å². The zero-order valence-electron chi connectivity index (χ0n) is 10.3. The lowest BCUT2D eigenvalue weighted by Crippen LogP contribution is -2.30. The summed E-state index contributed by atoms with van der Waals surface area (Å²) in [4.78, 5) is 4.28. The summed E-state index contributed by atoms with van der Waals surface area (Å²) < 4.78 is 5.14. The second-order valence-electron chi connectivity index (χ2n) is 4.49. The van der Waals surface area contributed by atoms with Crippen LogP contribution in [-0.2, 0) is 11.3 Å². The van der Waals surface area contributed by atoms with E-state index in [2.05, 4.69) is 17.1 Å². The molecular formula is C11H21N3OS. The monoisotopic (exact) mass is 243 g/mol. The van der Waals surface area contributed by atoms with Crippen molar-refractivity contribution in [1.29, 1.82) is 0 Å². The summed E-state index contributed by atoms with van der Waals surface area (Å²) in [5, 5.41) is 3.88. The van der Waals surface area contributed by atoms with Crippen molar-refractivity contribution in [2.75, 3.05) is 5.75 Å². The highest BCUT2D eigenvalue weighted by Gasteiger charge is 2.21. The summed E-state index contributed by atoms with van der Waals surface area (Å²) >= 11 is 1.83. The summed E-state index contributed by atoms with van der Waals surface area (Å²) in [6.45, 7) is 5.95. The molecule has 0 saturated carbocycles. The van der Waals surface area contributed by atoms with Gasteiger partial charge < -0.3 is 10.3 Å². The number of thioether (sulfide) groups is 1. The molecule has 0 fully saturated rings. The lowest BCUT2D eigenvalue weighted by Gasteiger charge is -2.11. The van der Waals surface area contributed by atoms with Crippen LogP contribution >= 0.6 is 11.8 Å². The molecule has 0 atom stereocenters. The van der Waals surface area contributed by atoms with Crippen LogP contribution in [0, 0.1) is 0 Å². The number of unbranched alkanes of at least 4 members (excludes halogenated alkanes) is 2. The van der Waals surface area contributed by atoms with E-state index >= 15 is 0 Å². The molecule has 1 heterocycles. The minimum absolute atomic E-state index is 0.519. The van der Waals surface area contributed by atoms with Crippen molar-refractivity contribution in [2.24, 2.45) is 5.73 Å². The molecule has 2 N–H and O–H groups in total. The van der Waals surface area contributed by atoms with E-state index in [4.69, 9.17) is 10.3 Å². The fourth-order valence-corrected chi connectivity index (χ4v) is 2.03. The molecule has 0 spiro atoms. The Kier molecular flexibility index (Phi) is 5.28. The largest absolute Gasteiger partial charge is 0.338 e. The first-order valence-electron chi connectivity index (χ1n) is 5.73. The molecule has 0 amide bonds. The van der Waals surface area contributed by atoms with Crippen molar-refractivity contribution >= 4 is 11.8 Å². The first kappa shape index (κ1) is 13.5. The molecule has 0 aliphatic carbocycles. The third-order valence-corrected chi connectivity index (χ3v) is 3.19. The molecular weight excluding hydrogens is 222 g/mol. The molecule has 5 heteroatoms. The van der Waals surface area contributed by atoms with Crippen LogP contribution in [0.5, 0.6) is 0 Å². The van der Waals surface area contributed by atoms with Gasteiger partial charge in [0, 0.05) is 0 Å². The van der Waals surface area contributed by atoms with Gasteiger partial charge >= 0.3 is 0 Å². The van der Waals surface area contributed by atoms with Crippen molar-refractivity contribution in [3.05, 3.63) is 11.7 Å². The van der Waals surface area contributed by atoms with Gasteiger partial charge in [-0.25, -0.2) is 0 Å². The Hall–Kier alpha value is -0.550. The average molecular weight is 243 g/mol. The quantitative estimate of drug-likeness (QED) is 0.746. The Morgan fingerprint density at radius 1 is 1.38 bits per heavy atom. The maximum absolute atomic E-state index is 5.87. The molecule has 0 unspecified atom stereocenters. The molecule has 0 saturated heterocycles. The third-order valence-electron chi connectivity index (χ3n) is 2.16. The molecule has 1 rings (SSSR count). The van der Waals surface area contributed by atoms with Gasteiger partial charge in [0.2, 0.25) is 5.89 Å². The van der Waals surface area contributed by atoms with Crippen LogP contribution in [0.3, 0.4) is 0 Å². The van der Waals surface area contributed by atoms with Crippen LogP contribution in [0.15, 0.2) is 4.52 Å². The highest BCUT2D eigenvalue weighted by atomic mass is 32.2. The Balaban J connectivity index is 2.30. The zero-order valence-corrected chi connectivity index (χ0v) is 11.1. The number of hydrogen-bond donors (Lipinski definition) is 1. The topological polar surface area (TPSA) is 64.9 Å². The summed E-state index contributed by atoms with van der Waals surface area (Å²) in [5.41, 5.74) is 5.35. The second-order valence-corrected chi connectivity index (χ2v) is 5.60. The van der Waals surface area contributed by atoms with Crippen LogP contribution in [-0.4, -0.2) is 15.9 Å². The van der Waals surface area contributed by atoms with E-state index in [1.54, 1.807) is 0 Å². The molecule has 0 bridgehead atoms. The number of rotatable bonds is 7. The first-order valence-corrected chi connectivity index (χ1v) is 6.89. The van der Waals surface area contributed by atoms with Crippen molar-refractivity contribution in [2.45, 2.75) is 51.3 Å². The highest BCUT2D eigenvalue weighted by Crippen LogP contribution is 2.16. The SMILES string of the molecule is CCCCCSCc1nc(C(C)(C)N)no1. The number of nitrogens with zero attached hydrogens (tertiary/aromatic N) is 2. The van der Waals surface area contributed by atoms with Gasteiger partial charge in [-0.2, -0.15) is 16.7 Å². The molecule has 0 aromatic carbocycles. The molecule has 1 aromatic rings. The number of aromatic nitrogens is 2. The van der Waals surface area contributed by atoms with Gasteiger partial charge in [-0.05, 0) is 26.0 Å². The highest BCUT2D eigenvalue weighted by molar-refractivity contribution is 7.98. The van der Waals surface area contributed by atoms with E-state index < -0.39 is 5.54 Å². The van der Waals surface area contributed by atoms with Gasteiger partial charge in [0.1, 0.15) is 0 Å². The minimum Gasteiger partial charge on any atom is -0.338 e. The van der Waals surface area contributed by atoms with Crippen molar-refractivity contribution < 1.29 is 4.52 Å². The molecule has 92 valence electrons. The molecule has 16 heavy (non-hydrogen) atoms. The molecule has 0 aliphatic rings. The average Bonchev–Trinajstić information content (AvgIpc) is 2.65. The van der Waals surface area contributed by atoms with Crippen LogP contribution in [0.4, 0.5) is 0 Å². The molecule has 1 aromatic heterocycles. The Morgan fingerprint density at radius 2 is 2.12 bits per heavy atom. The van der Waals surface area contributed by atoms with Crippen molar-refractivity contribution in [3.63, 3.8) is 0 Å². The van der Waals surface area contributed by atoms with E-state index in [1.165, 1.54) is 19.3 Å². The maximum atomic E-state index is 5.87. The van der Waals surface area contributed by atoms with Gasteiger partial charge in [0.25, 0.3) is 0 Å². The first-order chi connectivity index (χ1) is 7.54. The standard InChI is InChI=1S/C11H21N3OS/c1-4-5-6-7-16-8-9-13-10(14-15-9)11(2,3)12/h4-8,12H2,1-3H3. The Labute approximate surface area is 101 Å². The van der Waals surface area contributed by atoms with Crippen molar-refractivity contribution in [1.82, 2.24) is 10.1 Å². The maximum Gasteiger partial charge on any atom is 0.236 e. The van der Waals surface area contributed by atoms with Gasteiger partial charge in [-0.1, -0.05) is 24.9 Å². The van der Waals surface area contributed by atoms with Crippen LogP contribution in [0.25, 0.3) is 0 Å². The smallest absolute Gasteiger partial charge is 0.236 e. The van der Waals surface area contributed by atoms with E-state index in [-0.39, 0.29) is 0 Å². The predicted molar refractivity (Wildman–Crippen MR) is 67.2 cm³/mol. The Morgan fingerprint density at radius 3 is 2.69 bits per heavy atom. The summed E-state index contributed by atoms with van der Waals surface area (Å²) in [6, 6.07) is 0.